The van der Waals surface area contributed by atoms with Crippen LogP contribution in [-0.4, -0.2) is 51.1 Å². The molecule has 28 heavy (non-hydrogen) atoms. The van der Waals surface area contributed by atoms with Crippen molar-refractivity contribution in [1.82, 2.24) is 10.2 Å². The van der Waals surface area contributed by atoms with Crippen LogP contribution in [-0.2, 0) is 0 Å². The number of nitrogens with zero attached hydrogens (tertiary/aromatic N) is 2. The third-order valence-electron chi connectivity index (χ3n) is 5.06. The van der Waals surface area contributed by atoms with E-state index in [1.165, 1.54) is 12.1 Å². The van der Waals surface area contributed by atoms with Gasteiger partial charge >= 0.3 is 0 Å². The molecule has 1 aliphatic heterocycles. The molecule has 0 spiro atoms. The number of rotatable bonds is 5. The van der Waals surface area contributed by atoms with Crippen molar-refractivity contribution in [3.05, 3.63) is 57.8 Å². The lowest BCUT2D eigenvalue weighted by atomic mass is 10.0. The first-order chi connectivity index (χ1) is 13.4. The van der Waals surface area contributed by atoms with Crippen LogP contribution in [0.2, 0.25) is 0 Å². The van der Waals surface area contributed by atoms with E-state index in [2.05, 4.69) is 38.1 Å². The molecule has 1 amide bonds. The number of carbonyl (C=O) groups is 1. The second-order valence-electron chi connectivity index (χ2n) is 7.04. The van der Waals surface area contributed by atoms with Crippen LogP contribution in [0.5, 0.6) is 5.75 Å². The topological polar surface area (TPSA) is 44.8 Å². The summed E-state index contributed by atoms with van der Waals surface area (Å²) in [6.07, 6.45) is 0. The van der Waals surface area contributed by atoms with Crippen molar-refractivity contribution in [3.63, 3.8) is 0 Å². The number of benzene rings is 2. The maximum absolute atomic E-state index is 14.0. The minimum atomic E-state index is -0.335. The van der Waals surface area contributed by atoms with Gasteiger partial charge in [0.1, 0.15) is 11.6 Å². The number of carbonyl (C=O) groups excluding carboxylic acids is 1. The summed E-state index contributed by atoms with van der Waals surface area (Å²) >= 11 is 3.40. The van der Waals surface area contributed by atoms with Gasteiger partial charge in [-0.2, -0.15) is 0 Å². The number of hydrogen-bond donors (Lipinski definition) is 1. The van der Waals surface area contributed by atoms with Crippen LogP contribution in [0.25, 0.3) is 0 Å². The van der Waals surface area contributed by atoms with Crippen molar-refractivity contribution < 1.29 is 13.9 Å². The van der Waals surface area contributed by atoms with Gasteiger partial charge in [-0.05, 0) is 66.3 Å². The summed E-state index contributed by atoms with van der Waals surface area (Å²) in [6, 6.07) is 9.63. The molecule has 0 aliphatic carbocycles. The average Bonchev–Trinajstić information content (AvgIpc) is 2.68. The molecule has 2 aromatic carbocycles. The summed E-state index contributed by atoms with van der Waals surface area (Å²) < 4.78 is 19.9. The van der Waals surface area contributed by atoms with Gasteiger partial charge in [0.25, 0.3) is 5.91 Å². The highest BCUT2D eigenvalue weighted by molar-refractivity contribution is 9.10. The predicted octanol–water partition coefficient (Wildman–Crippen LogP) is 3.84. The second kappa shape index (κ2) is 8.92. The smallest absolute Gasteiger partial charge is 0.251 e. The lowest BCUT2D eigenvalue weighted by molar-refractivity contribution is 0.0939. The SMILES string of the molecule is COc1ccc(C(=O)N[C@@H](C)c2cc(F)ccc2N2CCN(C)CC2)cc1Br. The van der Waals surface area contributed by atoms with Crippen LogP contribution in [0.15, 0.2) is 40.9 Å². The molecule has 0 aromatic heterocycles. The van der Waals surface area contributed by atoms with Gasteiger partial charge in [-0.15, -0.1) is 0 Å². The molecule has 0 radical (unpaired) electrons. The number of likely N-dealkylation sites (N-methyl/N-ethyl adjacent to an activating group) is 1. The van der Waals surface area contributed by atoms with Crippen molar-refractivity contribution in [2.75, 3.05) is 45.2 Å². The largest absolute Gasteiger partial charge is 0.496 e. The fraction of sp³-hybridized carbons (Fsp3) is 0.381. The lowest BCUT2D eigenvalue weighted by Crippen LogP contribution is -2.45. The van der Waals surface area contributed by atoms with Crippen LogP contribution in [0, 0.1) is 5.82 Å². The van der Waals surface area contributed by atoms with Gasteiger partial charge in [-0.25, -0.2) is 4.39 Å². The van der Waals surface area contributed by atoms with E-state index in [0.717, 1.165) is 37.4 Å². The Morgan fingerprint density at radius 3 is 2.54 bits per heavy atom. The Labute approximate surface area is 173 Å². The Morgan fingerprint density at radius 1 is 1.18 bits per heavy atom. The molecular formula is C21H25BrFN3O2. The Hall–Kier alpha value is -2.12. The second-order valence-corrected chi connectivity index (χ2v) is 7.89. The standard InChI is InChI=1S/C21H25BrFN3O2/c1-14(24-21(27)15-4-7-20(28-3)18(22)12-15)17-13-16(23)5-6-19(17)26-10-8-25(2)9-11-26/h4-7,12-14H,8-11H2,1-3H3,(H,24,27)/t14-/m0/s1. The van der Waals surface area contributed by atoms with Crippen LogP contribution >= 0.6 is 15.9 Å². The first-order valence-corrected chi connectivity index (χ1v) is 10.1. The Bertz CT molecular complexity index is 854. The third kappa shape index (κ3) is 4.64. The third-order valence-corrected chi connectivity index (χ3v) is 5.68. The molecule has 1 heterocycles. The zero-order valence-electron chi connectivity index (χ0n) is 16.3. The summed E-state index contributed by atoms with van der Waals surface area (Å²) in [5.74, 6) is 0.137. The fourth-order valence-corrected chi connectivity index (χ4v) is 3.91. The van der Waals surface area contributed by atoms with E-state index in [1.807, 2.05) is 13.0 Å². The van der Waals surface area contributed by atoms with E-state index < -0.39 is 0 Å². The molecule has 5 nitrogen and oxygen atoms in total. The summed E-state index contributed by atoms with van der Waals surface area (Å²) in [4.78, 5) is 17.2. The van der Waals surface area contributed by atoms with E-state index in [1.54, 1.807) is 25.3 Å². The maximum atomic E-state index is 14.0. The number of piperazine rings is 1. The molecule has 1 atom stereocenters. The average molecular weight is 450 g/mol. The first kappa shape index (κ1) is 20.6. The van der Waals surface area contributed by atoms with Crippen molar-refractivity contribution in [2.45, 2.75) is 13.0 Å². The van der Waals surface area contributed by atoms with E-state index >= 15 is 0 Å². The summed E-state index contributed by atoms with van der Waals surface area (Å²) in [5.41, 5.74) is 2.26. The molecule has 7 heteroatoms. The highest BCUT2D eigenvalue weighted by atomic mass is 79.9. The van der Waals surface area contributed by atoms with E-state index in [4.69, 9.17) is 4.74 Å². The zero-order chi connectivity index (χ0) is 20.3. The first-order valence-electron chi connectivity index (χ1n) is 9.26. The summed E-state index contributed by atoms with van der Waals surface area (Å²) in [5, 5.41) is 2.99. The Kier molecular flexibility index (Phi) is 6.57. The predicted molar refractivity (Wildman–Crippen MR) is 113 cm³/mol. The van der Waals surface area contributed by atoms with Crippen molar-refractivity contribution in [2.24, 2.45) is 0 Å². The molecule has 0 bridgehead atoms. The maximum Gasteiger partial charge on any atom is 0.251 e. The zero-order valence-corrected chi connectivity index (χ0v) is 17.9. The number of ether oxygens (including phenoxy) is 1. The van der Waals surface area contributed by atoms with Gasteiger partial charge < -0.3 is 19.9 Å². The van der Waals surface area contributed by atoms with Crippen LogP contribution in [0.3, 0.4) is 0 Å². The molecule has 0 saturated carbocycles. The fourth-order valence-electron chi connectivity index (χ4n) is 3.37. The lowest BCUT2D eigenvalue weighted by Gasteiger charge is -2.36. The molecular weight excluding hydrogens is 425 g/mol. The van der Waals surface area contributed by atoms with E-state index in [9.17, 15) is 9.18 Å². The molecule has 1 fully saturated rings. The number of halogens is 2. The summed E-state index contributed by atoms with van der Waals surface area (Å²) in [6.45, 7) is 5.54. The minimum absolute atomic E-state index is 0.218. The van der Waals surface area contributed by atoms with Gasteiger partial charge in [0, 0.05) is 43.0 Å². The van der Waals surface area contributed by atoms with Gasteiger partial charge in [0.05, 0.1) is 17.6 Å². The molecule has 1 aliphatic rings. The van der Waals surface area contributed by atoms with Crippen LogP contribution < -0.4 is 15.0 Å². The number of methoxy groups -OCH3 is 1. The minimum Gasteiger partial charge on any atom is -0.496 e. The number of amides is 1. The van der Waals surface area contributed by atoms with Gasteiger partial charge in [0.2, 0.25) is 0 Å². The van der Waals surface area contributed by atoms with Crippen molar-refractivity contribution >= 4 is 27.5 Å². The van der Waals surface area contributed by atoms with Crippen LogP contribution in [0.4, 0.5) is 10.1 Å². The van der Waals surface area contributed by atoms with Gasteiger partial charge in [0.15, 0.2) is 0 Å². The summed E-state index contributed by atoms with van der Waals surface area (Å²) in [7, 11) is 3.67. The van der Waals surface area contributed by atoms with Gasteiger partial charge in [-0.3, -0.25) is 4.79 Å². The number of nitrogens with one attached hydrogen (secondary N) is 1. The highest BCUT2D eigenvalue weighted by Crippen LogP contribution is 2.29. The molecule has 1 N–H and O–H groups in total. The highest BCUT2D eigenvalue weighted by Gasteiger charge is 2.21. The molecule has 1 saturated heterocycles. The molecule has 0 unspecified atom stereocenters. The Balaban J connectivity index is 1.80. The number of hydrogen-bond acceptors (Lipinski definition) is 4. The molecule has 2 aromatic rings. The van der Waals surface area contributed by atoms with E-state index in [0.29, 0.717) is 15.8 Å². The van der Waals surface area contributed by atoms with Crippen molar-refractivity contribution in [3.8, 4) is 5.75 Å². The van der Waals surface area contributed by atoms with Gasteiger partial charge in [-0.1, -0.05) is 0 Å². The monoisotopic (exact) mass is 449 g/mol. The Morgan fingerprint density at radius 2 is 1.89 bits per heavy atom. The normalized spacial score (nSPS) is 16.0. The molecule has 3 rings (SSSR count). The number of anilines is 1. The van der Waals surface area contributed by atoms with Crippen LogP contribution in [0.1, 0.15) is 28.9 Å². The van der Waals surface area contributed by atoms with Crippen molar-refractivity contribution in [1.29, 1.82) is 0 Å². The van der Waals surface area contributed by atoms with E-state index in [-0.39, 0.29) is 17.8 Å². The quantitative estimate of drug-likeness (QED) is 0.752. The molecule has 150 valence electrons.